The standard InChI is InChI=1S/C10H11F4IN2/c1-2-17(5-10(12,13)14)9-3-6(11)7(15)4-8(9)16/h3-4H,2,5,16H2,1H3. The van der Waals surface area contributed by atoms with E-state index in [-0.39, 0.29) is 21.5 Å². The lowest BCUT2D eigenvalue weighted by Crippen LogP contribution is -2.34. The molecule has 0 unspecified atom stereocenters. The van der Waals surface area contributed by atoms with Crippen molar-refractivity contribution < 1.29 is 17.6 Å². The second kappa shape index (κ2) is 5.28. The fraction of sp³-hybridized carbons (Fsp3) is 0.400. The number of nitrogens with zero attached hydrogens (tertiary/aromatic N) is 1. The molecular weight excluding hydrogens is 351 g/mol. The van der Waals surface area contributed by atoms with Crippen molar-refractivity contribution in [3.8, 4) is 0 Å². The summed E-state index contributed by atoms with van der Waals surface area (Å²) in [6.07, 6.45) is -4.35. The van der Waals surface area contributed by atoms with Gasteiger partial charge in [0, 0.05) is 12.6 Å². The number of halogens is 5. The van der Waals surface area contributed by atoms with Crippen LogP contribution in [0.5, 0.6) is 0 Å². The monoisotopic (exact) mass is 362 g/mol. The van der Waals surface area contributed by atoms with Gasteiger partial charge in [-0.25, -0.2) is 4.39 Å². The van der Waals surface area contributed by atoms with Gasteiger partial charge in [-0.05, 0) is 35.6 Å². The fourth-order valence-electron chi connectivity index (χ4n) is 1.41. The van der Waals surface area contributed by atoms with Crippen molar-refractivity contribution in [1.82, 2.24) is 0 Å². The Morgan fingerprint density at radius 3 is 2.41 bits per heavy atom. The summed E-state index contributed by atoms with van der Waals surface area (Å²) in [5.41, 5.74) is 5.82. The van der Waals surface area contributed by atoms with Crippen molar-refractivity contribution in [3.63, 3.8) is 0 Å². The number of hydrogen-bond donors (Lipinski definition) is 1. The molecular formula is C10H11F4IN2. The molecule has 1 rings (SSSR count). The largest absolute Gasteiger partial charge is 0.405 e. The fourth-order valence-corrected chi connectivity index (χ4v) is 1.90. The molecule has 1 aromatic carbocycles. The molecule has 0 saturated carbocycles. The Bertz CT molecular complexity index is 406. The summed E-state index contributed by atoms with van der Waals surface area (Å²) in [7, 11) is 0. The molecule has 2 N–H and O–H groups in total. The van der Waals surface area contributed by atoms with E-state index in [9.17, 15) is 17.6 Å². The van der Waals surface area contributed by atoms with Crippen molar-refractivity contribution in [2.75, 3.05) is 23.7 Å². The highest BCUT2D eigenvalue weighted by molar-refractivity contribution is 14.1. The minimum absolute atomic E-state index is 0.0720. The van der Waals surface area contributed by atoms with Crippen molar-refractivity contribution in [1.29, 1.82) is 0 Å². The predicted octanol–water partition coefficient (Wildman–Crippen LogP) is 3.40. The van der Waals surface area contributed by atoms with E-state index in [1.807, 2.05) is 0 Å². The van der Waals surface area contributed by atoms with Gasteiger partial charge in [0.25, 0.3) is 0 Å². The highest BCUT2D eigenvalue weighted by atomic mass is 127. The lowest BCUT2D eigenvalue weighted by atomic mass is 10.2. The van der Waals surface area contributed by atoms with Crippen LogP contribution in [-0.4, -0.2) is 19.3 Å². The van der Waals surface area contributed by atoms with Gasteiger partial charge >= 0.3 is 6.18 Å². The average Bonchev–Trinajstić information content (AvgIpc) is 2.19. The van der Waals surface area contributed by atoms with E-state index in [4.69, 9.17) is 5.73 Å². The first-order valence-corrected chi connectivity index (χ1v) is 5.88. The number of nitrogen functional groups attached to an aromatic ring is 1. The van der Waals surface area contributed by atoms with E-state index in [0.717, 1.165) is 11.0 Å². The molecule has 0 saturated heterocycles. The van der Waals surface area contributed by atoms with Crippen LogP contribution in [0.15, 0.2) is 12.1 Å². The van der Waals surface area contributed by atoms with Crippen LogP contribution in [0.25, 0.3) is 0 Å². The normalized spacial score (nSPS) is 11.6. The van der Waals surface area contributed by atoms with Gasteiger partial charge in [0.2, 0.25) is 0 Å². The number of alkyl halides is 3. The van der Waals surface area contributed by atoms with Crippen molar-refractivity contribution >= 4 is 34.0 Å². The second-order valence-electron chi connectivity index (χ2n) is 3.45. The molecule has 0 aliphatic carbocycles. The maximum atomic E-state index is 13.3. The van der Waals surface area contributed by atoms with Gasteiger partial charge in [0.1, 0.15) is 12.4 Å². The molecule has 0 atom stereocenters. The van der Waals surface area contributed by atoms with Crippen molar-refractivity contribution in [3.05, 3.63) is 21.5 Å². The Morgan fingerprint density at radius 2 is 1.94 bits per heavy atom. The highest BCUT2D eigenvalue weighted by Crippen LogP contribution is 2.29. The Morgan fingerprint density at radius 1 is 1.35 bits per heavy atom. The molecule has 2 nitrogen and oxygen atoms in total. The number of nitrogens with two attached hydrogens (primary N) is 1. The number of benzene rings is 1. The minimum atomic E-state index is -4.35. The first kappa shape index (κ1) is 14.3. The summed E-state index contributed by atoms with van der Waals surface area (Å²) < 4.78 is 50.5. The molecule has 17 heavy (non-hydrogen) atoms. The van der Waals surface area contributed by atoms with Crippen LogP contribution in [0.3, 0.4) is 0 Å². The van der Waals surface area contributed by atoms with E-state index in [1.165, 1.54) is 6.07 Å². The summed E-state index contributed by atoms with van der Waals surface area (Å²) >= 11 is 1.73. The maximum absolute atomic E-state index is 13.3. The highest BCUT2D eigenvalue weighted by Gasteiger charge is 2.31. The van der Waals surface area contributed by atoms with Crippen LogP contribution in [-0.2, 0) is 0 Å². The number of rotatable bonds is 3. The molecule has 0 heterocycles. The predicted molar refractivity (Wildman–Crippen MR) is 67.5 cm³/mol. The molecule has 1 aromatic rings. The zero-order chi connectivity index (χ0) is 13.2. The molecule has 0 aliphatic rings. The Kier molecular flexibility index (Phi) is 4.45. The Hall–Kier alpha value is -0.730. The molecule has 0 amide bonds. The second-order valence-corrected chi connectivity index (χ2v) is 4.62. The summed E-state index contributed by atoms with van der Waals surface area (Å²) in [5, 5.41) is 0. The molecule has 0 spiro atoms. The van der Waals surface area contributed by atoms with E-state index in [0.29, 0.717) is 0 Å². The minimum Gasteiger partial charge on any atom is -0.397 e. The van der Waals surface area contributed by atoms with Crippen LogP contribution < -0.4 is 10.6 Å². The van der Waals surface area contributed by atoms with Gasteiger partial charge in [0.15, 0.2) is 0 Å². The van der Waals surface area contributed by atoms with Gasteiger partial charge < -0.3 is 10.6 Å². The topological polar surface area (TPSA) is 29.3 Å². The van der Waals surface area contributed by atoms with E-state index in [2.05, 4.69) is 0 Å². The smallest absolute Gasteiger partial charge is 0.397 e. The first-order valence-electron chi connectivity index (χ1n) is 4.81. The lowest BCUT2D eigenvalue weighted by Gasteiger charge is -2.25. The third-order valence-electron chi connectivity index (χ3n) is 2.16. The van der Waals surface area contributed by atoms with Gasteiger partial charge in [-0.3, -0.25) is 0 Å². The zero-order valence-corrected chi connectivity index (χ0v) is 11.1. The third-order valence-corrected chi connectivity index (χ3v) is 2.99. The summed E-state index contributed by atoms with van der Waals surface area (Å²) in [4.78, 5) is 0.995. The molecule has 7 heteroatoms. The SMILES string of the molecule is CCN(CC(F)(F)F)c1cc(F)c(I)cc1N. The molecule has 0 radical (unpaired) electrons. The van der Waals surface area contributed by atoms with Crippen LogP contribution in [0.2, 0.25) is 0 Å². The quantitative estimate of drug-likeness (QED) is 0.508. The van der Waals surface area contributed by atoms with Crippen molar-refractivity contribution in [2.24, 2.45) is 0 Å². The molecule has 0 bridgehead atoms. The van der Waals surface area contributed by atoms with Gasteiger partial charge in [-0.1, -0.05) is 0 Å². The van der Waals surface area contributed by atoms with Gasteiger partial charge in [0.05, 0.1) is 14.9 Å². The van der Waals surface area contributed by atoms with Crippen molar-refractivity contribution in [2.45, 2.75) is 13.1 Å². The Labute approximate surface area is 110 Å². The van der Waals surface area contributed by atoms with Crippen LogP contribution in [0.1, 0.15) is 6.92 Å². The maximum Gasteiger partial charge on any atom is 0.405 e. The van der Waals surface area contributed by atoms with Crippen LogP contribution in [0.4, 0.5) is 28.9 Å². The molecule has 0 fully saturated rings. The lowest BCUT2D eigenvalue weighted by molar-refractivity contribution is -0.119. The van der Waals surface area contributed by atoms with E-state index in [1.54, 1.807) is 29.5 Å². The number of anilines is 2. The summed E-state index contributed by atoms with van der Waals surface area (Å²) in [5.74, 6) is -0.574. The third kappa shape index (κ3) is 3.90. The van der Waals surface area contributed by atoms with Gasteiger partial charge in [-0.2, -0.15) is 13.2 Å². The number of hydrogen-bond acceptors (Lipinski definition) is 2. The van der Waals surface area contributed by atoms with Gasteiger partial charge in [-0.15, -0.1) is 0 Å². The molecule has 0 aliphatic heterocycles. The van der Waals surface area contributed by atoms with E-state index >= 15 is 0 Å². The first-order chi connectivity index (χ1) is 7.74. The van der Waals surface area contributed by atoms with Crippen LogP contribution >= 0.6 is 22.6 Å². The zero-order valence-electron chi connectivity index (χ0n) is 8.98. The Balaban J connectivity index is 3.08. The molecule has 96 valence electrons. The summed E-state index contributed by atoms with van der Waals surface area (Å²) in [6.45, 7) is 0.512. The molecule has 0 aromatic heterocycles. The summed E-state index contributed by atoms with van der Waals surface area (Å²) in [6, 6.07) is 2.36. The van der Waals surface area contributed by atoms with E-state index < -0.39 is 18.5 Å². The van der Waals surface area contributed by atoms with Crippen LogP contribution in [0, 0.1) is 9.39 Å². The average molecular weight is 362 g/mol.